The van der Waals surface area contributed by atoms with E-state index >= 15 is 0 Å². The van der Waals surface area contributed by atoms with Crippen molar-refractivity contribution in [3.05, 3.63) is 41.5 Å². The number of carbonyl (C=O) groups is 1. The van der Waals surface area contributed by atoms with Gasteiger partial charge in [-0.1, -0.05) is 24.3 Å². The molecule has 1 unspecified atom stereocenters. The Balaban J connectivity index is 1.77. The molecule has 0 radical (unpaired) electrons. The fourth-order valence-corrected chi connectivity index (χ4v) is 2.42. The van der Waals surface area contributed by atoms with E-state index in [1.807, 2.05) is 18.2 Å². The van der Waals surface area contributed by atoms with Gasteiger partial charge < -0.3 is 10.0 Å². The molecule has 116 valence electrons. The molecule has 1 aromatic carbocycles. The van der Waals surface area contributed by atoms with Gasteiger partial charge in [0.2, 0.25) is 0 Å². The molecule has 22 heavy (non-hydrogen) atoms. The van der Waals surface area contributed by atoms with Crippen molar-refractivity contribution in [3.63, 3.8) is 0 Å². The van der Waals surface area contributed by atoms with E-state index in [0.717, 1.165) is 25.2 Å². The third-order valence-corrected chi connectivity index (χ3v) is 3.76. The topological polar surface area (TPSA) is 67.6 Å². The number of nitrogens with zero attached hydrogens (tertiary/aromatic N) is 3. The first-order valence-electron chi connectivity index (χ1n) is 7.46. The van der Waals surface area contributed by atoms with E-state index in [1.165, 1.54) is 6.92 Å². The van der Waals surface area contributed by atoms with Crippen LogP contribution in [0.25, 0.3) is 6.08 Å². The van der Waals surface area contributed by atoms with Gasteiger partial charge in [0.25, 0.3) is 5.91 Å². The zero-order chi connectivity index (χ0) is 15.9. The van der Waals surface area contributed by atoms with Gasteiger partial charge in [-0.2, -0.15) is 5.26 Å². The Morgan fingerprint density at radius 3 is 2.50 bits per heavy atom. The molecular weight excluding hydrogens is 278 g/mol. The fourth-order valence-electron chi connectivity index (χ4n) is 2.42. The summed E-state index contributed by atoms with van der Waals surface area (Å²) in [6.07, 6.45) is 3.21. The second kappa shape index (κ2) is 7.74. The van der Waals surface area contributed by atoms with E-state index in [2.05, 4.69) is 17.0 Å². The average molecular weight is 299 g/mol. The summed E-state index contributed by atoms with van der Waals surface area (Å²) in [6, 6.07) is 9.56. The normalized spacial score (nSPS) is 17.4. The molecule has 1 heterocycles. The number of hydrogen-bond donors (Lipinski definition) is 1. The summed E-state index contributed by atoms with van der Waals surface area (Å²) >= 11 is 0. The number of aliphatic hydroxyl groups excluding tert-OH is 1. The molecule has 1 amide bonds. The van der Waals surface area contributed by atoms with Crippen LogP contribution in [0.15, 0.2) is 30.3 Å². The zero-order valence-corrected chi connectivity index (χ0v) is 12.8. The largest absolute Gasteiger partial charge is 0.384 e. The zero-order valence-electron chi connectivity index (χ0n) is 12.8. The number of carbonyl (C=O) groups excluding carboxylic acids is 1. The standard InChI is InChI=1S/C17H21N3O2/c1-14(21)17(22)20-11-9-19(10-12-20)8-2-3-15-4-6-16(13-18)7-5-15/h2-7,14,21H,8-12H2,1H3/b3-2+. The summed E-state index contributed by atoms with van der Waals surface area (Å²) < 4.78 is 0. The molecule has 0 spiro atoms. The van der Waals surface area contributed by atoms with Crippen molar-refractivity contribution in [1.82, 2.24) is 9.80 Å². The quantitative estimate of drug-likeness (QED) is 0.904. The van der Waals surface area contributed by atoms with Crippen LogP contribution in [0.4, 0.5) is 0 Å². The van der Waals surface area contributed by atoms with Crippen molar-refractivity contribution in [2.24, 2.45) is 0 Å². The number of rotatable bonds is 4. The van der Waals surface area contributed by atoms with Gasteiger partial charge in [-0.15, -0.1) is 0 Å². The van der Waals surface area contributed by atoms with Crippen LogP contribution in [0.1, 0.15) is 18.1 Å². The number of amides is 1. The van der Waals surface area contributed by atoms with Gasteiger partial charge in [0.05, 0.1) is 11.6 Å². The van der Waals surface area contributed by atoms with Gasteiger partial charge in [-0.05, 0) is 24.6 Å². The fraction of sp³-hybridized carbons (Fsp3) is 0.412. The predicted molar refractivity (Wildman–Crippen MR) is 84.9 cm³/mol. The molecule has 5 nitrogen and oxygen atoms in total. The van der Waals surface area contributed by atoms with E-state index in [-0.39, 0.29) is 5.91 Å². The van der Waals surface area contributed by atoms with Crippen LogP contribution in [0.3, 0.4) is 0 Å². The SMILES string of the molecule is CC(O)C(=O)N1CCN(C/C=C/c2ccc(C#N)cc2)CC1. The van der Waals surface area contributed by atoms with Crippen LogP contribution >= 0.6 is 0 Å². The van der Waals surface area contributed by atoms with Gasteiger partial charge in [-0.25, -0.2) is 0 Å². The second-order valence-electron chi connectivity index (χ2n) is 5.44. The van der Waals surface area contributed by atoms with Crippen molar-refractivity contribution in [3.8, 4) is 6.07 Å². The molecule has 1 saturated heterocycles. The highest BCUT2D eigenvalue weighted by atomic mass is 16.3. The third-order valence-electron chi connectivity index (χ3n) is 3.76. The summed E-state index contributed by atoms with van der Waals surface area (Å²) in [5, 5.41) is 18.1. The molecule has 0 aromatic heterocycles. The summed E-state index contributed by atoms with van der Waals surface area (Å²) in [6.45, 7) is 5.29. The van der Waals surface area contributed by atoms with Gasteiger partial charge in [0.1, 0.15) is 6.10 Å². The van der Waals surface area contributed by atoms with Gasteiger partial charge >= 0.3 is 0 Å². The molecule has 1 atom stereocenters. The average Bonchev–Trinajstić information content (AvgIpc) is 2.55. The third kappa shape index (κ3) is 4.42. The maximum atomic E-state index is 11.7. The molecular formula is C17H21N3O2. The minimum atomic E-state index is -0.914. The molecule has 0 aliphatic carbocycles. The summed E-state index contributed by atoms with van der Waals surface area (Å²) in [4.78, 5) is 15.7. The van der Waals surface area contributed by atoms with Crippen molar-refractivity contribution in [2.45, 2.75) is 13.0 Å². The van der Waals surface area contributed by atoms with Crippen LogP contribution < -0.4 is 0 Å². The molecule has 0 saturated carbocycles. The Bertz CT molecular complexity index is 565. The molecule has 0 bridgehead atoms. The van der Waals surface area contributed by atoms with Crippen molar-refractivity contribution in [2.75, 3.05) is 32.7 Å². The monoisotopic (exact) mass is 299 g/mol. The van der Waals surface area contributed by atoms with Gasteiger partial charge in [-0.3, -0.25) is 9.69 Å². The van der Waals surface area contributed by atoms with Gasteiger partial charge in [0.15, 0.2) is 0 Å². The van der Waals surface area contributed by atoms with Gasteiger partial charge in [0, 0.05) is 32.7 Å². The minimum absolute atomic E-state index is 0.187. The number of hydrogen-bond acceptors (Lipinski definition) is 4. The number of nitriles is 1. The van der Waals surface area contributed by atoms with Crippen LogP contribution in [-0.4, -0.2) is 59.6 Å². The summed E-state index contributed by atoms with van der Waals surface area (Å²) in [5.41, 5.74) is 1.73. The lowest BCUT2D eigenvalue weighted by Crippen LogP contribution is -2.50. The molecule has 1 aliphatic rings. The molecule has 1 aromatic rings. The predicted octanol–water partition coefficient (Wildman–Crippen LogP) is 1.10. The van der Waals surface area contributed by atoms with E-state index in [9.17, 15) is 9.90 Å². The highest BCUT2D eigenvalue weighted by Gasteiger charge is 2.22. The number of aliphatic hydroxyl groups is 1. The first-order valence-corrected chi connectivity index (χ1v) is 7.46. The maximum absolute atomic E-state index is 11.7. The Hall–Kier alpha value is -2.16. The smallest absolute Gasteiger partial charge is 0.251 e. The van der Waals surface area contributed by atoms with Crippen LogP contribution in [0.5, 0.6) is 0 Å². The molecule has 1 aliphatic heterocycles. The van der Waals surface area contributed by atoms with E-state index in [1.54, 1.807) is 17.0 Å². The second-order valence-corrected chi connectivity index (χ2v) is 5.44. The lowest BCUT2D eigenvalue weighted by molar-refractivity contribution is -0.140. The van der Waals surface area contributed by atoms with Crippen LogP contribution in [0.2, 0.25) is 0 Å². The Labute approximate surface area is 131 Å². The van der Waals surface area contributed by atoms with E-state index in [0.29, 0.717) is 18.7 Å². The van der Waals surface area contributed by atoms with Crippen molar-refractivity contribution >= 4 is 12.0 Å². The summed E-state index contributed by atoms with van der Waals surface area (Å²) in [5.74, 6) is -0.187. The van der Waals surface area contributed by atoms with Crippen LogP contribution in [0, 0.1) is 11.3 Å². The minimum Gasteiger partial charge on any atom is -0.384 e. The first-order chi connectivity index (χ1) is 10.6. The lowest BCUT2D eigenvalue weighted by atomic mass is 10.1. The lowest BCUT2D eigenvalue weighted by Gasteiger charge is -2.34. The first kappa shape index (κ1) is 16.2. The van der Waals surface area contributed by atoms with Crippen molar-refractivity contribution < 1.29 is 9.90 Å². The Morgan fingerprint density at radius 1 is 1.32 bits per heavy atom. The van der Waals surface area contributed by atoms with E-state index < -0.39 is 6.10 Å². The number of piperazine rings is 1. The van der Waals surface area contributed by atoms with Crippen molar-refractivity contribution in [1.29, 1.82) is 5.26 Å². The molecule has 5 heteroatoms. The highest BCUT2D eigenvalue weighted by molar-refractivity contribution is 5.80. The number of benzene rings is 1. The maximum Gasteiger partial charge on any atom is 0.251 e. The highest BCUT2D eigenvalue weighted by Crippen LogP contribution is 2.07. The van der Waals surface area contributed by atoms with Crippen LogP contribution in [-0.2, 0) is 4.79 Å². The summed E-state index contributed by atoms with van der Waals surface area (Å²) in [7, 11) is 0. The Kier molecular flexibility index (Phi) is 5.70. The molecule has 1 N–H and O–H groups in total. The molecule has 1 fully saturated rings. The van der Waals surface area contributed by atoms with E-state index in [4.69, 9.17) is 5.26 Å². The Morgan fingerprint density at radius 2 is 1.95 bits per heavy atom. The molecule has 2 rings (SSSR count).